The second-order valence-corrected chi connectivity index (χ2v) is 4.90. The molecule has 1 heterocycles. The standard InChI is InChI=1S/C16H13BrN2O2/c17-15-9-8-13(11-19-15)7-4-10-18-16(20)21-12-14-5-2-1-3-6-14/h1-3,5-6,8-9,11H,10,12H2,(H,18,20). The van der Waals surface area contributed by atoms with E-state index in [0.717, 1.165) is 15.7 Å². The zero-order valence-corrected chi connectivity index (χ0v) is 12.8. The van der Waals surface area contributed by atoms with Crippen LogP contribution in [0.15, 0.2) is 53.3 Å². The molecular weight excluding hydrogens is 332 g/mol. The summed E-state index contributed by atoms with van der Waals surface area (Å²) >= 11 is 3.25. The molecule has 0 saturated heterocycles. The lowest BCUT2D eigenvalue weighted by atomic mass is 10.2. The number of hydrogen-bond acceptors (Lipinski definition) is 3. The Kier molecular flexibility index (Phi) is 5.80. The number of aromatic nitrogens is 1. The number of carbonyl (C=O) groups excluding carboxylic acids is 1. The summed E-state index contributed by atoms with van der Waals surface area (Å²) in [5.74, 6) is 5.73. The number of benzene rings is 1. The highest BCUT2D eigenvalue weighted by molar-refractivity contribution is 9.10. The molecule has 4 nitrogen and oxygen atoms in total. The van der Waals surface area contributed by atoms with Crippen molar-refractivity contribution in [2.24, 2.45) is 0 Å². The van der Waals surface area contributed by atoms with Gasteiger partial charge in [-0.2, -0.15) is 0 Å². The van der Waals surface area contributed by atoms with Crippen molar-refractivity contribution in [2.75, 3.05) is 6.54 Å². The maximum absolute atomic E-state index is 11.5. The van der Waals surface area contributed by atoms with Gasteiger partial charge in [-0.15, -0.1) is 0 Å². The maximum Gasteiger partial charge on any atom is 0.408 e. The van der Waals surface area contributed by atoms with Crippen molar-refractivity contribution in [2.45, 2.75) is 6.61 Å². The molecule has 5 heteroatoms. The third-order valence-corrected chi connectivity index (χ3v) is 2.96. The predicted molar refractivity (Wildman–Crippen MR) is 83.4 cm³/mol. The number of carbonyl (C=O) groups is 1. The van der Waals surface area contributed by atoms with E-state index in [-0.39, 0.29) is 13.2 Å². The van der Waals surface area contributed by atoms with Gasteiger partial charge in [-0.05, 0) is 33.6 Å². The first kappa shape index (κ1) is 15.1. The Morgan fingerprint density at radius 1 is 1.24 bits per heavy atom. The molecule has 2 aromatic rings. The number of halogens is 1. The quantitative estimate of drug-likeness (QED) is 0.687. The molecule has 0 fully saturated rings. The Morgan fingerprint density at radius 2 is 2.05 bits per heavy atom. The van der Waals surface area contributed by atoms with Gasteiger partial charge in [-0.25, -0.2) is 9.78 Å². The number of pyridine rings is 1. The zero-order valence-electron chi connectivity index (χ0n) is 11.2. The van der Waals surface area contributed by atoms with E-state index in [4.69, 9.17) is 4.74 Å². The van der Waals surface area contributed by atoms with Gasteiger partial charge in [-0.3, -0.25) is 0 Å². The molecule has 0 aliphatic carbocycles. The van der Waals surface area contributed by atoms with Crippen LogP contribution in [0, 0.1) is 11.8 Å². The van der Waals surface area contributed by atoms with E-state index in [9.17, 15) is 4.79 Å². The molecule has 0 aliphatic rings. The van der Waals surface area contributed by atoms with E-state index in [0.29, 0.717) is 0 Å². The lowest BCUT2D eigenvalue weighted by Gasteiger charge is -2.04. The normalized spacial score (nSPS) is 9.38. The average molecular weight is 345 g/mol. The minimum absolute atomic E-state index is 0.226. The highest BCUT2D eigenvalue weighted by Crippen LogP contribution is 2.04. The molecular formula is C16H13BrN2O2. The third-order valence-electron chi connectivity index (χ3n) is 2.49. The van der Waals surface area contributed by atoms with Crippen LogP contribution in [0.4, 0.5) is 4.79 Å². The monoisotopic (exact) mass is 344 g/mol. The number of nitrogens with zero attached hydrogens (tertiary/aromatic N) is 1. The van der Waals surface area contributed by atoms with Crippen LogP contribution in [0.25, 0.3) is 0 Å². The number of ether oxygens (including phenoxy) is 1. The van der Waals surface area contributed by atoms with Crippen LogP contribution in [-0.2, 0) is 11.3 Å². The summed E-state index contributed by atoms with van der Waals surface area (Å²) in [6.45, 7) is 0.473. The van der Waals surface area contributed by atoms with Crippen LogP contribution >= 0.6 is 15.9 Å². The minimum Gasteiger partial charge on any atom is -0.445 e. The summed E-state index contributed by atoms with van der Waals surface area (Å²) in [5.41, 5.74) is 1.73. The van der Waals surface area contributed by atoms with Crippen LogP contribution in [0.3, 0.4) is 0 Å². The molecule has 1 aromatic carbocycles. The van der Waals surface area contributed by atoms with Gasteiger partial charge in [0.2, 0.25) is 0 Å². The van der Waals surface area contributed by atoms with E-state index in [1.807, 2.05) is 42.5 Å². The highest BCUT2D eigenvalue weighted by atomic mass is 79.9. The molecule has 0 aliphatic heterocycles. The zero-order chi connectivity index (χ0) is 14.9. The Hall–Kier alpha value is -2.32. The molecule has 0 saturated carbocycles. The lowest BCUT2D eigenvalue weighted by Crippen LogP contribution is -2.24. The lowest BCUT2D eigenvalue weighted by molar-refractivity contribution is 0.141. The van der Waals surface area contributed by atoms with Crippen LogP contribution in [0.5, 0.6) is 0 Å². The predicted octanol–water partition coefficient (Wildman–Crippen LogP) is 3.12. The highest BCUT2D eigenvalue weighted by Gasteiger charge is 2.00. The van der Waals surface area contributed by atoms with Crippen molar-refractivity contribution in [3.05, 3.63) is 64.4 Å². The summed E-state index contributed by atoms with van der Waals surface area (Å²) in [7, 11) is 0. The minimum atomic E-state index is -0.484. The smallest absolute Gasteiger partial charge is 0.408 e. The van der Waals surface area contributed by atoms with E-state index < -0.39 is 6.09 Å². The number of amides is 1. The number of rotatable bonds is 3. The topological polar surface area (TPSA) is 51.2 Å². The summed E-state index contributed by atoms with van der Waals surface area (Å²) < 4.78 is 5.82. The summed E-state index contributed by atoms with van der Waals surface area (Å²) in [4.78, 5) is 15.5. The van der Waals surface area contributed by atoms with E-state index in [1.165, 1.54) is 0 Å². The molecule has 1 aromatic heterocycles. The number of alkyl carbamates (subject to hydrolysis) is 1. The molecule has 1 amide bonds. The fourth-order valence-corrected chi connectivity index (χ4v) is 1.72. The van der Waals surface area contributed by atoms with Crippen molar-refractivity contribution in [3.8, 4) is 11.8 Å². The van der Waals surface area contributed by atoms with Gasteiger partial charge >= 0.3 is 6.09 Å². The summed E-state index contributed by atoms with van der Waals surface area (Å²) in [6.07, 6.45) is 1.17. The Labute approximate surface area is 131 Å². The Balaban J connectivity index is 1.71. The summed E-state index contributed by atoms with van der Waals surface area (Å²) in [5, 5.41) is 2.57. The average Bonchev–Trinajstić information content (AvgIpc) is 2.52. The van der Waals surface area contributed by atoms with Crippen molar-refractivity contribution in [1.82, 2.24) is 10.3 Å². The van der Waals surface area contributed by atoms with Crippen molar-refractivity contribution < 1.29 is 9.53 Å². The molecule has 0 atom stereocenters. The van der Waals surface area contributed by atoms with E-state index in [1.54, 1.807) is 6.20 Å². The molecule has 21 heavy (non-hydrogen) atoms. The molecule has 2 rings (SSSR count). The largest absolute Gasteiger partial charge is 0.445 e. The molecule has 0 radical (unpaired) electrons. The SMILES string of the molecule is O=C(NCC#Cc1ccc(Br)nc1)OCc1ccccc1. The first-order valence-corrected chi connectivity index (χ1v) is 7.08. The van der Waals surface area contributed by atoms with Gasteiger partial charge in [0.1, 0.15) is 11.2 Å². The maximum atomic E-state index is 11.5. The van der Waals surface area contributed by atoms with Gasteiger partial charge in [-0.1, -0.05) is 42.2 Å². The van der Waals surface area contributed by atoms with Gasteiger partial charge in [0.25, 0.3) is 0 Å². The Bertz CT molecular complexity index is 645. The van der Waals surface area contributed by atoms with Crippen LogP contribution < -0.4 is 5.32 Å². The van der Waals surface area contributed by atoms with Crippen LogP contribution in [0.1, 0.15) is 11.1 Å². The second-order valence-electron chi connectivity index (χ2n) is 4.09. The van der Waals surface area contributed by atoms with Gasteiger partial charge in [0.15, 0.2) is 0 Å². The molecule has 0 unspecified atom stereocenters. The first-order chi connectivity index (χ1) is 10.2. The van der Waals surface area contributed by atoms with Crippen molar-refractivity contribution in [1.29, 1.82) is 0 Å². The van der Waals surface area contributed by atoms with Crippen molar-refractivity contribution >= 4 is 22.0 Å². The fraction of sp³-hybridized carbons (Fsp3) is 0.125. The van der Waals surface area contributed by atoms with Crippen LogP contribution in [0.2, 0.25) is 0 Å². The van der Waals surface area contributed by atoms with Gasteiger partial charge in [0, 0.05) is 11.8 Å². The first-order valence-electron chi connectivity index (χ1n) is 6.29. The fourth-order valence-electron chi connectivity index (χ4n) is 1.49. The Morgan fingerprint density at radius 3 is 2.76 bits per heavy atom. The molecule has 1 N–H and O–H groups in total. The second kappa shape index (κ2) is 8.08. The number of nitrogens with one attached hydrogen (secondary N) is 1. The molecule has 106 valence electrons. The molecule has 0 bridgehead atoms. The van der Waals surface area contributed by atoms with E-state index >= 15 is 0 Å². The van der Waals surface area contributed by atoms with Gasteiger partial charge in [0.05, 0.1) is 6.54 Å². The van der Waals surface area contributed by atoms with E-state index in [2.05, 4.69) is 38.1 Å². The van der Waals surface area contributed by atoms with Crippen LogP contribution in [-0.4, -0.2) is 17.6 Å². The third kappa shape index (κ3) is 5.67. The summed E-state index contributed by atoms with van der Waals surface area (Å²) in [6, 6.07) is 13.2. The van der Waals surface area contributed by atoms with Gasteiger partial charge < -0.3 is 10.1 Å². The van der Waals surface area contributed by atoms with Crippen molar-refractivity contribution in [3.63, 3.8) is 0 Å². The number of hydrogen-bond donors (Lipinski definition) is 1. The molecule has 0 spiro atoms.